The van der Waals surface area contributed by atoms with Gasteiger partial charge in [0.1, 0.15) is 0 Å². The van der Waals surface area contributed by atoms with Crippen molar-refractivity contribution < 1.29 is 4.79 Å². The molecule has 12 heavy (non-hydrogen) atoms. The fourth-order valence-corrected chi connectivity index (χ4v) is 2.54. The van der Waals surface area contributed by atoms with Crippen molar-refractivity contribution >= 4 is 17.7 Å². The Morgan fingerprint density at radius 2 is 2.50 bits per heavy atom. The van der Waals surface area contributed by atoms with Gasteiger partial charge in [-0.2, -0.15) is 11.8 Å². The molecule has 0 saturated carbocycles. The summed E-state index contributed by atoms with van der Waals surface area (Å²) in [5.74, 6) is 0.945. The maximum atomic E-state index is 10.4. The molecule has 1 aliphatic rings. The molecule has 2 atom stereocenters. The van der Waals surface area contributed by atoms with Gasteiger partial charge in [-0.3, -0.25) is 4.79 Å². The van der Waals surface area contributed by atoms with Crippen LogP contribution in [0.3, 0.4) is 0 Å². The summed E-state index contributed by atoms with van der Waals surface area (Å²) in [5, 5.41) is 4.08. The standard InChI is InChI=1S/C8H16N2OS/c1-6-4-7(5-12-6)10-3-2-8(9)11/h6-7,10H,2-5H2,1H3,(H2,9,11). The minimum atomic E-state index is -0.221. The topological polar surface area (TPSA) is 55.1 Å². The van der Waals surface area contributed by atoms with Gasteiger partial charge in [0.15, 0.2) is 0 Å². The summed E-state index contributed by atoms with van der Waals surface area (Å²) >= 11 is 1.99. The fourth-order valence-electron chi connectivity index (χ4n) is 1.36. The second kappa shape index (κ2) is 4.72. The van der Waals surface area contributed by atoms with E-state index in [9.17, 15) is 4.79 Å². The van der Waals surface area contributed by atoms with Crippen molar-refractivity contribution in [2.24, 2.45) is 5.73 Å². The maximum absolute atomic E-state index is 10.4. The van der Waals surface area contributed by atoms with E-state index in [0.717, 1.165) is 11.8 Å². The molecule has 3 N–H and O–H groups in total. The minimum absolute atomic E-state index is 0.221. The number of hydrogen-bond donors (Lipinski definition) is 2. The molecule has 0 aromatic carbocycles. The van der Waals surface area contributed by atoms with Crippen molar-refractivity contribution in [3.8, 4) is 0 Å². The molecule has 1 rings (SSSR count). The van der Waals surface area contributed by atoms with Crippen LogP contribution in [0, 0.1) is 0 Å². The number of thioether (sulfide) groups is 1. The summed E-state index contributed by atoms with van der Waals surface area (Å²) in [6.07, 6.45) is 1.67. The third kappa shape index (κ3) is 3.45. The van der Waals surface area contributed by atoms with Crippen LogP contribution in [0.2, 0.25) is 0 Å². The first-order valence-corrected chi connectivity index (χ1v) is 5.36. The molecule has 1 aliphatic heterocycles. The van der Waals surface area contributed by atoms with Crippen molar-refractivity contribution in [1.82, 2.24) is 5.32 Å². The Hall–Kier alpha value is -0.220. The highest BCUT2D eigenvalue weighted by Crippen LogP contribution is 2.25. The molecule has 70 valence electrons. The molecule has 0 aliphatic carbocycles. The summed E-state index contributed by atoms with van der Waals surface area (Å²) < 4.78 is 0. The van der Waals surface area contributed by atoms with Crippen LogP contribution in [0.15, 0.2) is 0 Å². The van der Waals surface area contributed by atoms with Gasteiger partial charge in [-0.05, 0) is 6.42 Å². The summed E-state index contributed by atoms with van der Waals surface area (Å²) in [5.41, 5.74) is 5.02. The molecule has 0 spiro atoms. The molecule has 0 aromatic heterocycles. The highest BCUT2D eigenvalue weighted by atomic mass is 32.2. The van der Waals surface area contributed by atoms with E-state index < -0.39 is 0 Å². The second-order valence-electron chi connectivity index (χ2n) is 3.25. The highest BCUT2D eigenvalue weighted by Gasteiger charge is 2.20. The lowest BCUT2D eigenvalue weighted by atomic mass is 10.2. The van der Waals surface area contributed by atoms with Crippen molar-refractivity contribution in [2.75, 3.05) is 12.3 Å². The summed E-state index contributed by atoms with van der Waals surface area (Å²) in [6, 6.07) is 0.587. The monoisotopic (exact) mass is 188 g/mol. The van der Waals surface area contributed by atoms with Crippen LogP contribution >= 0.6 is 11.8 Å². The number of carbonyl (C=O) groups is 1. The van der Waals surface area contributed by atoms with E-state index in [0.29, 0.717) is 12.5 Å². The molecule has 1 heterocycles. The van der Waals surface area contributed by atoms with E-state index in [2.05, 4.69) is 12.2 Å². The average molecular weight is 188 g/mol. The van der Waals surface area contributed by atoms with E-state index in [1.54, 1.807) is 0 Å². The lowest BCUT2D eigenvalue weighted by molar-refractivity contribution is -0.117. The van der Waals surface area contributed by atoms with Gasteiger partial charge >= 0.3 is 0 Å². The summed E-state index contributed by atoms with van der Waals surface area (Å²) in [4.78, 5) is 10.4. The number of primary amides is 1. The Bertz CT molecular complexity index is 163. The molecule has 2 unspecified atom stereocenters. The Morgan fingerprint density at radius 3 is 3.00 bits per heavy atom. The Balaban J connectivity index is 2.04. The van der Waals surface area contributed by atoms with E-state index >= 15 is 0 Å². The number of amides is 1. The van der Waals surface area contributed by atoms with Crippen molar-refractivity contribution in [2.45, 2.75) is 31.1 Å². The first-order chi connectivity index (χ1) is 5.68. The van der Waals surface area contributed by atoms with Gasteiger partial charge in [-0.25, -0.2) is 0 Å². The molecule has 1 saturated heterocycles. The van der Waals surface area contributed by atoms with Crippen LogP contribution < -0.4 is 11.1 Å². The van der Waals surface area contributed by atoms with Crippen LogP contribution in [0.25, 0.3) is 0 Å². The van der Waals surface area contributed by atoms with Crippen molar-refractivity contribution in [3.63, 3.8) is 0 Å². The number of nitrogens with one attached hydrogen (secondary N) is 1. The quantitative estimate of drug-likeness (QED) is 0.669. The number of nitrogens with two attached hydrogens (primary N) is 1. The lowest BCUT2D eigenvalue weighted by Crippen LogP contribution is -2.32. The normalized spacial score (nSPS) is 29.1. The van der Waals surface area contributed by atoms with Crippen molar-refractivity contribution in [1.29, 1.82) is 0 Å². The smallest absolute Gasteiger partial charge is 0.218 e. The molecule has 0 aromatic rings. The van der Waals surface area contributed by atoms with Gasteiger partial charge in [-0.1, -0.05) is 6.92 Å². The third-order valence-electron chi connectivity index (χ3n) is 2.00. The molecular weight excluding hydrogens is 172 g/mol. The van der Waals surface area contributed by atoms with Gasteiger partial charge in [0, 0.05) is 30.0 Å². The zero-order chi connectivity index (χ0) is 8.97. The molecule has 4 heteroatoms. The van der Waals surface area contributed by atoms with Crippen LogP contribution in [0.5, 0.6) is 0 Å². The SMILES string of the molecule is CC1CC(NCCC(N)=O)CS1. The third-order valence-corrected chi connectivity index (χ3v) is 3.36. The van der Waals surface area contributed by atoms with Crippen LogP contribution in [-0.4, -0.2) is 29.5 Å². The molecule has 3 nitrogen and oxygen atoms in total. The van der Waals surface area contributed by atoms with Gasteiger partial charge in [0.2, 0.25) is 5.91 Å². The first-order valence-electron chi connectivity index (χ1n) is 4.32. The molecule has 1 amide bonds. The van der Waals surface area contributed by atoms with E-state index in [4.69, 9.17) is 5.73 Å². The van der Waals surface area contributed by atoms with Gasteiger partial charge in [-0.15, -0.1) is 0 Å². The fraction of sp³-hybridized carbons (Fsp3) is 0.875. The first kappa shape index (κ1) is 9.86. The molecule has 0 bridgehead atoms. The van der Waals surface area contributed by atoms with Crippen molar-refractivity contribution in [3.05, 3.63) is 0 Å². The van der Waals surface area contributed by atoms with Crippen LogP contribution in [0.4, 0.5) is 0 Å². The second-order valence-corrected chi connectivity index (χ2v) is 4.72. The average Bonchev–Trinajstić information content (AvgIpc) is 2.35. The maximum Gasteiger partial charge on any atom is 0.218 e. The highest BCUT2D eigenvalue weighted by molar-refractivity contribution is 8.00. The number of carbonyl (C=O) groups excluding carboxylic acids is 1. The zero-order valence-electron chi connectivity index (χ0n) is 7.38. The predicted octanol–water partition coefficient (Wildman–Crippen LogP) is 0.345. The Labute approximate surface area is 77.5 Å². The minimum Gasteiger partial charge on any atom is -0.370 e. The number of hydrogen-bond acceptors (Lipinski definition) is 3. The Kier molecular flexibility index (Phi) is 3.88. The predicted molar refractivity (Wildman–Crippen MR) is 52.1 cm³/mol. The van der Waals surface area contributed by atoms with Crippen LogP contribution in [0.1, 0.15) is 19.8 Å². The largest absolute Gasteiger partial charge is 0.370 e. The molecular formula is C8H16N2OS. The van der Waals surface area contributed by atoms with E-state index in [1.165, 1.54) is 12.2 Å². The van der Waals surface area contributed by atoms with Gasteiger partial charge in [0.25, 0.3) is 0 Å². The van der Waals surface area contributed by atoms with Crippen LogP contribution in [-0.2, 0) is 4.79 Å². The lowest BCUT2D eigenvalue weighted by Gasteiger charge is -2.09. The Morgan fingerprint density at radius 1 is 1.75 bits per heavy atom. The summed E-state index contributed by atoms with van der Waals surface area (Å²) in [6.45, 7) is 2.97. The number of rotatable bonds is 4. The molecule has 0 radical (unpaired) electrons. The van der Waals surface area contributed by atoms with Gasteiger partial charge < -0.3 is 11.1 Å². The van der Waals surface area contributed by atoms with E-state index in [-0.39, 0.29) is 5.91 Å². The molecule has 1 fully saturated rings. The van der Waals surface area contributed by atoms with Gasteiger partial charge in [0.05, 0.1) is 0 Å². The zero-order valence-corrected chi connectivity index (χ0v) is 8.19. The van der Waals surface area contributed by atoms with E-state index in [1.807, 2.05) is 11.8 Å². The summed E-state index contributed by atoms with van der Waals surface area (Å²) in [7, 11) is 0.